The lowest BCUT2D eigenvalue weighted by molar-refractivity contribution is 0.0833. The average Bonchev–Trinajstić information content (AvgIpc) is 3.24. The third-order valence-corrected chi connectivity index (χ3v) is 4.97. The monoisotopic (exact) mass is 314 g/mol. The Morgan fingerprint density at radius 2 is 1.91 bits per heavy atom. The van der Waals surface area contributed by atoms with Gasteiger partial charge in [-0.15, -0.1) is 10.2 Å². The number of fused-ring (bicyclic) bond motifs is 1. The van der Waals surface area contributed by atoms with Gasteiger partial charge in [0, 0.05) is 31.4 Å². The molecule has 2 fully saturated rings. The van der Waals surface area contributed by atoms with Crippen LogP contribution in [0.5, 0.6) is 0 Å². The molecular weight excluding hydrogens is 292 g/mol. The number of carbonyl (C=O) groups excluding carboxylic acids is 1. The first-order chi connectivity index (χ1) is 11.3. The molecule has 6 heteroatoms. The summed E-state index contributed by atoms with van der Waals surface area (Å²) in [7, 11) is 0. The molecule has 1 saturated heterocycles. The van der Waals surface area contributed by atoms with Gasteiger partial charge >= 0.3 is 0 Å². The van der Waals surface area contributed by atoms with Crippen molar-refractivity contribution in [1.29, 1.82) is 0 Å². The van der Waals surface area contributed by atoms with E-state index in [2.05, 4.69) is 15.5 Å². The molecule has 0 atom stereocenters. The average molecular weight is 314 g/mol. The zero-order chi connectivity index (χ0) is 15.6. The van der Waals surface area contributed by atoms with Crippen LogP contribution in [0.4, 0.5) is 0 Å². The summed E-state index contributed by atoms with van der Waals surface area (Å²) in [6.45, 7) is 1.53. The maximum absolute atomic E-state index is 12.5. The number of nitrogens with zero attached hydrogens (tertiary/aromatic N) is 3. The number of hydrogen-bond donors (Lipinski definition) is 1. The van der Waals surface area contributed by atoms with Gasteiger partial charge in [0.15, 0.2) is 5.65 Å². The number of ether oxygens (including phenoxy) is 1. The molecule has 1 N–H and O–H groups in total. The normalized spacial score (nSPS) is 20.2. The fraction of sp³-hybridized carbons (Fsp3) is 0.588. The molecule has 3 heterocycles. The first-order valence-electron chi connectivity index (χ1n) is 8.54. The second-order valence-electron chi connectivity index (χ2n) is 6.55. The molecule has 1 aliphatic carbocycles. The molecule has 2 aromatic rings. The Labute approximate surface area is 135 Å². The second-order valence-corrected chi connectivity index (χ2v) is 6.55. The van der Waals surface area contributed by atoms with Gasteiger partial charge in [0.25, 0.3) is 5.91 Å². The predicted molar refractivity (Wildman–Crippen MR) is 85.5 cm³/mol. The number of nitrogens with one attached hydrogen (secondary N) is 1. The third kappa shape index (κ3) is 2.95. The minimum absolute atomic E-state index is 0.00503. The molecule has 0 unspecified atom stereocenters. The van der Waals surface area contributed by atoms with Crippen LogP contribution in [0.25, 0.3) is 5.65 Å². The van der Waals surface area contributed by atoms with Crippen molar-refractivity contribution in [3.63, 3.8) is 0 Å². The van der Waals surface area contributed by atoms with Crippen molar-refractivity contribution in [2.24, 2.45) is 0 Å². The largest absolute Gasteiger partial charge is 0.381 e. The number of carbonyl (C=O) groups is 1. The highest BCUT2D eigenvalue weighted by Crippen LogP contribution is 2.26. The molecule has 0 bridgehead atoms. The van der Waals surface area contributed by atoms with Crippen LogP contribution in [0.15, 0.2) is 18.3 Å². The summed E-state index contributed by atoms with van der Waals surface area (Å²) in [5.41, 5.74) is 1.47. The van der Waals surface area contributed by atoms with E-state index in [9.17, 15) is 4.79 Å². The molecule has 4 rings (SSSR count). The number of amides is 1. The van der Waals surface area contributed by atoms with Gasteiger partial charge < -0.3 is 10.1 Å². The third-order valence-electron chi connectivity index (χ3n) is 4.97. The Balaban J connectivity index is 1.59. The van der Waals surface area contributed by atoms with E-state index < -0.39 is 0 Å². The molecule has 122 valence electrons. The minimum atomic E-state index is 0.00503. The molecule has 0 aromatic carbocycles. The van der Waals surface area contributed by atoms with Gasteiger partial charge in [-0.05, 0) is 37.8 Å². The van der Waals surface area contributed by atoms with E-state index in [1.165, 1.54) is 12.8 Å². The molecule has 1 aliphatic heterocycles. The summed E-state index contributed by atoms with van der Waals surface area (Å²) in [6, 6.07) is 4.04. The zero-order valence-corrected chi connectivity index (χ0v) is 13.2. The molecule has 0 spiro atoms. The zero-order valence-electron chi connectivity index (χ0n) is 13.2. The lowest BCUT2D eigenvalue weighted by Gasteiger charge is -2.20. The molecule has 2 aromatic heterocycles. The molecule has 1 amide bonds. The highest BCUT2D eigenvalue weighted by molar-refractivity contribution is 5.94. The van der Waals surface area contributed by atoms with Gasteiger partial charge in [-0.2, -0.15) is 0 Å². The summed E-state index contributed by atoms with van der Waals surface area (Å²) in [5.74, 6) is 1.30. The number of rotatable bonds is 3. The highest BCUT2D eigenvalue weighted by atomic mass is 16.5. The van der Waals surface area contributed by atoms with Crippen LogP contribution in [0.2, 0.25) is 0 Å². The number of aromatic nitrogens is 3. The molecule has 23 heavy (non-hydrogen) atoms. The second kappa shape index (κ2) is 6.28. The van der Waals surface area contributed by atoms with Crippen molar-refractivity contribution in [2.45, 2.75) is 50.5 Å². The van der Waals surface area contributed by atoms with Crippen LogP contribution >= 0.6 is 0 Å². The van der Waals surface area contributed by atoms with Crippen LogP contribution in [0, 0.1) is 0 Å². The molecular formula is C17H22N4O2. The Morgan fingerprint density at radius 1 is 1.13 bits per heavy atom. The number of pyridine rings is 1. The van der Waals surface area contributed by atoms with E-state index in [0.717, 1.165) is 50.4 Å². The van der Waals surface area contributed by atoms with E-state index in [-0.39, 0.29) is 5.91 Å². The predicted octanol–water partition coefficient (Wildman–Crippen LogP) is 2.30. The van der Waals surface area contributed by atoms with Crippen LogP contribution in [0.3, 0.4) is 0 Å². The lowest BCUT2D eigenvalue weighted by atomic mass is 9.99. The van der Waals surface area contributed by atoms with Crippen molar-refractivity contribution in [2.75, 3.05) is 13.2 Å². The van der Waals surface area contributed by atoms with Crippen LogP contribution in [-0.2, 0) is 4.74 Å². The minimum Gasteiger partial charge on any atom is -0.381 e. The summed E-state index contributed by atoms with van der Waals surface area (Å²) >= 11 is 0. The van der Waals surface area contributed by atoms with Gasteiger partial charge in [0.05, 0.1) is 5.56 Å². The van der Waals surface area contributed by atoms with Gasteiger partial charge in [-0.3, -0.25) is 9.20 Å². The Morgan fingerprint density at radius 3 is 2.70 bits per heavy atom. The molecule has 1 saturated carbocycles. The standard InChI is InChI=1S/C17H22N4O2/c22-17(18-14-3-1-2-4-14)13-5-6-15-19-20-16(21(15)11-13)12-7-9-23-10-8-12/h5-6,11-12,14H,1-4,7-10H2,(H,18,22). The smallest absolute Gasteiger partial charge is 0.252 e. The Bertz CT molecular complexity index is 700. The first kappa shape index (κ1) is 14.6. The van der Waals surface area contributed by atoms with Gasteiger partial charge in [-0.1, -0.05) is 12.8 Å². The SMILES string of the molecule is O=C(NC1CCCC1)c1ccc2nnc(C3CCOCC3)n2c1. The number of hydrogen-bond acceptors (Lipinski definition) is 4. The molecule has 0 radical (unpaired) electrons. The van der Waals surface area contributed by atoms with E-state index in [1.807, 2.05) is 22.7 Å². The maximum atomic E-state index is 12.5. The summed E-state index contributed by atoms with van der Waals surface area (Å²) < 4.78 is 7.40. The molecule has 6 nitrogen and oxygen atoms in total. The maximum Gasteiger partial charge on any atom is 0.252 e. The van der Waals surface area contributed by atoms with Crippen molar-refractivity contribution in [3.8, 4) is 0 Å². The van der Waals surface area contributed by atoms with Gasteiger partial charge in [0.1, 0.15) is 5.82 Å². The fourth-order valence-electron chi connectivity index (χ4n) is 3.62. The van der Waals surface area contributed by atoms with Crippen molar-refractivity contribution in [3.05, 3.63) is 29.7 Å². The quantitative estimate of drug-likeness (QED) is 0.944. The van der Waals surface area contributed by atoms with Gasteiger partial charge in [0.2, 0.25) is 0 Å². The van der Waals surface area contributed by atoms with Crippen LogP contribution in [-0.4, -0.2) is 39.8 Å². The Kier molecular flexibility index (Phi) is 3.99. The van der Waals surface area contributed by atoms with Gasteiger partial charge in [-0.25, -0.2) is 0 Å². The summed E-state index contributed by atoms with van der Waals surface area (Å²) in [4.78, 5) is 12.5. The van der Waals surface area contributed by atoms with Crippen molar-refractivity contribution in [1.82, 2.24) is 19.9 Å². The highest BCUT2D eigenvalue weighted by Gasteiger charge is 2.22. The van der Waals surface area contributed by atoms with Crippen LogP contribution in [0.1, 0.15) is 60.6 Å². The fourth-order valence-corrected chi connectivity index (χ4v) is 3.62. The molecule has 2 aliphatic rings. The first-order valence-corrected chi connectivity index (χ1v) is 8.54. The van der Waals surface area contributed by atoms with Crippen molar-refractivity contribution < 1.29 is 9.53 Å². The summed E-state index contributed by atoms with van der Waals surface area (Å²) in [5, 5.41) is 11.7. The topological polar surface area (TPSA) is 68.5 Å². The van der Waals surface area contributed by atoms with Crippen molar-refractivity contribution >= 4 is 11.6 Å². The van der Waals surface area contributed by atoms with E-state index in [0.29, 0.717) is 17.5 Å². The van der Waals surface area contributed by atoms with E-state index >= 15 is 0 Å². The lowest BCUT2D eigenvalue weighted by Crippen LogP contribution is -2.32. The van der Waals surface area contributed by atoms with E-state index in [4.69, 9.17) is 4.74 Å². The Hall–Kier alpha value is -1.95. The summed E-state index contributed by atoms with van der Waals surface area (Å²) in [6.07, 6.45) is 8.40. The van der Waals surface area contributed by atoms with E-state index in [1.54, 1.807) is 0 Å². The van der Waals surface area contributed by atoms with Crippen LogP contribution < -0.4 is 5.32 Å².